The summed E-state index contributed by atoms with van der Waals surface area (Å²) in [6, 6.07) is 5.92. The van der Waals surface area contributed by atoms with Crippen LogP contribution in [0.25, 0.3) is 0 Å². The second-order valence-electron chi connectivity index (χ2n) is 8.82. The first kappa shape index (κ1) is 20.1. The van der Waals surface area contributed by atoms with Crippen molar-refractivity contribution in [2.75, 3.05) is 34.4 Å². The van der Waals surface area contributed by atoms with E-state index in [1.54, 1.807) is 24.2 Å². The number of fused-ring (bicyclic) bond motifs is 1. The number of amides is 1. The molecule has 8 heteroatoms. The average Bonchev–Trinajstić information content (AvgIpc) is 3.23. The molecule has 1 fully saturated rings. The first-order valence-electron chi connectivity index (χ1n) is 10.4. The first-order chi connectivity index (χ1) is 14.3. The van der Waals surface area contributed by atoms with Crippen molar-refractivity contribution in [2.45, 2.75) is 45.6 Å². The van der Waals surface area contributed by atoms with E-state index in [1.807, 2.05) is 26.0 Å². The predicted molar refractivity (Wildman–Crippen MR) is 120 cm³/mol. The Balaban J connectivity index is 1.78. The van der Waals surface area contributed by atoms with Gasteiger partial charge < -0.3 is 20.9 Å². The Morgan fingerprint density at radius 1 is 1.30 bits per heavy atom. The Morgan fingerprint density at radius 3 is 2.73 bits per heavy atom. The third-order valence-electron chi connectivity index (χ3n) is 6.15. The monoisotopic (exact) mass is 408 g/mol. The van der Waals surface area contributed by atoms with Crippen LogP contribution in [0.3, 0.4) is 0 Å². The molecular weight excluding hydrogens is 378 g/mol. The predicted octanol–water partition coefficient (Wildman–Crippen LogP) is 1.73. The van der Waals surface area contributed by atoms with E-state index in [0.717, 1.165) is 30.0 Å². The molecule has 158 valence electrons. The largest absolute Gasteiger partial charge is 0.398 e. The summed E-state index contributed by atoms with van der Waals surface area (Å²) in [7, 11) is 1.80. The number of hydrogen-bond acceptors (Lipinski definition) is 6. The standard InChI is InChI=1S/C22H29N7O/c1-22(2)13-29(14-7-4-5-8-14)19-18(28(3)20(22)30)12-25-21(27-19)26-17-10-6-9-16(24)15(17)11-23/h6,9-12,14,23H,4-5,7-8,13,24H2,1-3H3,(H,25,26,27)/p+1. The Bertz CT molecular complexity index is 981. The quantitative estimate of drug-likeness (QED) is 0.525. The van der Waals surface area contributed by atoms with Gasteiger partial charge in [-0.3, -0.25) is 10.2 Å². The van der Waals surface area contributed by atoms with E-state index >= 15 is 0 Å². The van der Waals surface area contributed by atoms with Gasteiger partial charge in [0, 0.05) is 25.3 Å². The molecule has 5 N–H and O–H groups in total. The molecule has 30 heavy (non-hydrogen) atoms. The van der Waals surface area contributed by atoms with Gasteiger partial charge in [0.1, 0.15) is 5.69 Å². The van der Waals surface area contributed by atoms with Crippen LogP contribution in [0.2, 0.25) is 0 Å². The smallest absolute Gasteiger partial charge is 0.234 e. The van der Waals surface area contributed by atoms with E-state index in [9.17, 15) is 4.79 Å². The lowest BCUT2D eigenvalue weighted by molar-refractivity contribution is -0.125. The van der Waals surface area contributed by atoms with Gasteiger partial charge in [0.15, 0.2) is 12.0 Å². The molecule has 0 spiro atoms. The third-order valence-corrected chi connectivity index (χ3v) is 6.15. The maximum absolute atomic E-state index is 13.1. The number of anilines is 5. The summed E-state index contributed by atoms with van der Waals surface area (Å²) in [6.07, 6.45) is 7.83. The van der Waals surface area contributed by atoms with E-state index < -0.39 is 5.41 Å². The van der Waals surface area contributed by atoms with Crippen molar-refractivity contribution < 1.29 is 10.2 Å². The van der Waals surface area contributed by atoms with Crippen molar-refractivity contribution in [3.63, 3.8) is 0 Å². The van der Waals surface area contributed by atoms with Crippen molar-refractivity contribution in [2.24, 2.45) is 5.41 Å². The molecule has 1 saturated carbocycles. The van der Waals surface area contributed by atoms with Gasteiger partial charge in [0.2, 0.25) is 11.9 Å². The molecular formula is C22H30N7O+. The van der Waals surface area contributed by atoms with Gasteiger partial charge in [0.25, 0.3) is 0 Å². The molecule has 0 atom stereocenters. The summed E-state index contributed by atoms with van der Waals surface area (Å²) in [5.74, 6) is 1.32. The molecule has 2 heterocycles. The van der Waals surface area contributed by atoms with Gasteiger partial charge in [0.05, 0.1) is 22.9 Å². The maximum Gasteiger partial charge on any atom is 0.234 e. The molecule has 1 aliphatic heterocycles. The van der Waals surface area contributed by atoms with Crippen molar-refractivity contribution >= 4 is 41.0 Å². The molecule has 1 aromatic heterocycles. The van der Waals surface area contributed by atoms with E-state index in [-0.39, 0.29) is 5.91 Å². The highest BCUT2D eigenvalue weighted by atomic mass is 16.2. The lowest BCUT2D eigenvalue weighted by atomic mass is 9.91. The van der Waals surface area contributed by atoms with Crippen molar-refractivity contribution in [3.05, 3.63) is 30.0 Å². The summed E-state index contributed by atoms with van der Waals surface area (Å²) in [5, 5.41) is 9.02. The van der Waals surface area contributed by atoms with Crippen molar-refractivity contribution in [3.8, 4) is 0 Å². The van der Waals surface area contributed by atoms with Gasteiger partial charge in [-0.2, -0.15) is 4.98 Å². The number of aromatic nitrogens is 2. The van der Waals surface area contributed by atoms with Gasteiger partial charge in [-0.1, -0.05) is 18.9 Å². The Labute approximate surface area is 177 Å². The van der Waals surface area contributed by atoms with E-state index in [1.165, 1.54) is 19.1 Å². The van der Waals surface area contributed by atoms with E-state index in [2.05, 4.69) is 15.2 Å². The zero-order valence-electron chi connectivity index (χ0n) is 17.9. The molecule has 4 rings (SSSR count). The number of carbonyl (C=O) groups is 1. The van der Waals surface area contributed by atoms with Crippen LogP contribution >= 0.6 is 0 Å². The molecule has 0 unspecified atom stereocenters. The van der Waals surface area contributed by atoms with Crippen LogP contribution in [-0.4, -0.2) is 41.7 Å². The fourth-order valence-corrected chi connectivity index (χ4v) is 4.52. The summed E-state index contributed by atoms with van der Waals surface area (Å²) in [6.45, 7) is 4.63. The summed E-state index contributed by atoms with van der Waals surface area (Å²) in [5.41, 5.74) is 8.29. The molecule has 1 aromatic carbocycles. The number of benzene rings is 1. The van der Waals surface area contributed by atoms with Gasteiger partial charge in [-0.25, -0.2) is 4.98 Å². The molecule has 1 aliphatic carbocycles. The molecule has 2 aromatic rings. The highest BCUT2D eigenvalue weighted by Gasteiger charge is 2.41. The van der Waals surface area contributed by atoms with E-state index in [0.29, 0.717) is 29.8 Å². The highest BCUT2D eigenvalue weighted by molar-refractivity contribution is 6.01. The van der Waals surface area contributed by atoms with Crippen LogP contribution in [-0.2, 0) is 4.79 Å². The second kappa shape index (κ2) is 7.59. The third kappa shape index (κ3) is 3.46. The fourth-order valence-electron chi connectivity index (χ4n) is 4.52. The van der Waals surface area contributed by atoms with Crippen LogP contribution in [0.4, 0.5) is 28.8 Å². The van der Waals surface area contributed by atoms with E-state index in [4.69, 9.17) is 16.1 Å². The molecule has 8 nitrogen and oxygen atoms in total. The van der Waals surface area contributed by atoms with Crippen molar-refractivity contribution in [1.29, 1.82) is 0 Å². The number of rotatable bonds is 4. The van der Waals surface area contributed by atoms with Crippen LogP contribution in [0.5, 0.6) is 0 Å². The van der Waals surface area contributed by atoms with Gasteiger partial charge in [-0.15, -0.1) is 0 Å². The minimum Gasteiger partial charge on any atom is -0.398 e. The average molecular weight is 409 g/mol. The molecule has 0 radical (unpaired) electrons. The normalized spacial score (nSPS) is 18.8. The van der Waals surface area contributed by atoms with Gasteiger partial charge in [-0.05, 0) is 38.8 Å². The molecule has 2 aliphatic rings. The van der Waals surface area contributed by atoms with Gasteiger partial charge >= 0.3 is 0 Å². The number of nitrogen functional groups attached to an aromatic ring is 1. The molecule has 0 saturated heterocycles. The number of carbonyl (C=O) groups excluding carboxylic acids is 1. The first-order valence-corrected chi connectivity index (χ1v) is 10.4. The maximum atomic E-state index is 13.1. The highest BCUT2D eigenvalue weighted by Crippen LogP contribution is 2.40. The fraction of sp³-hybridized carbons (Fsp3) is 0.455. The summed E-state index contributed by atoms with van der Waals surface area (Å²) in [4.78, 5) is 26.4. The van der Waals surface area contributed by atoms with Crippen LogP contribution in [0, 0.1) is 5.41 Å². The Morgan fingerprint density at radius 2 is 2.03 bits per heavy atom. The Kier molecular flexibility index (Phi) is 5.09. The minimum absolute atomic E-state index is 0.0735. The van der Waals surface area contributed by atoms with Crippen LogP contribution in [0.1, 0.15) is 45.1 Å². The lowest BCUT2D eigenvalue weighted by Gasteiger charge is -2.34. The second-order valence-corrected chi connectivity index (χ2v) is 8.82. The zero-order chi connectivity index (χ0) is 21.5. The molecule has 0 bridgehead atoms. The number of nitrogens with two attached hydrogens (primary N) is 2. The lowest BCUT2D eigenvalue weighted by Crippen LogP contribution is -2.45. The minimum atomic E-state index is -0.513. The zero-order valence-corrected chi connectivity index (χ0v) is 17.9. The topological polar surface area (TPSA) is 113 Å². The van der Waals surface area contributed by atoms with Crippen LogP contribution in [0.15, 0.2) is 24.4 Å². The summed E-state index contributed by atoms with van der Waals surface area (Å²) >= 11 is 0. The number of nitrogens with one attached hydrogen (secondary N) is 1. The number of nitrogens with zero attached hydrogens (tertiary/aromatic N) is 4. The molecule has 1 amide bonds. The summed E-state index contributed by atoms with van der Waals surface area (Å²) < 4.78 is 0. The number of hydrogen-bond donors (Lipinski definition) is 3. The SMILES string of the molecule is CN1C(=O)C(C)(C)CN(C2CCCC2)c2nc(Nc3cccc(N)c3C=[NH2+])ncc21. The Hall–Kier alpha value is -3.16. The van der Waals surface area contributed by atoms with Crippen LogP contribution < -0.4 is 26.3 Å². The van der Waals surface area contributed by atoms with Crippen molar-refractivity contribution in [1.82, 2.24) is 9.97 Å².